The van der Waals surface area contributed by atoms with Crippen molar-refractivity contribution in [3.05, 3.63) is 40.2 Å². The van der Waals surface area contributed by atoms with E-state index in [0.29, 0.717) is 36.3 Å². The van der Waals surface area contributed by atoms with E-state index in [9.17, 15) is 14.4 Å². The van der Waals surface area contributed by atoms with E-state index in [0.717, 1.165) is 12.8 Å². The summed E-state index contributed by atoms with van der Waals surface area (Å²) in [6.07, 6.45) is 3.36. The average molecular weight is 369 g/mol. The van der Waals surface area contributed by atoms with E-state index in [2.05, 4.69) is 4.98 Å². The van der Waals surface area contributed by atoms with Gasteiger partial charge < -0.3 is 19.5 Å². The van der Waals surface area contributed by atoms with Gasteiger partial charge in [0.05, 0.1) is 7.11 Å². The van der Waals surface area contributed by atoms with Crippen molar-refractivity contribution in [3.8, 4) is 5.75 Å². The molecule has 142 valence electrons. The van der Waals surface area contributed by atoms with Crippen LogP contribution in [0, 0.1) is 5.92 Å². The summed E-state index contributed by atoms with van der Waals surface area (Å²) < 4.78 is 5.20. The Morgan fingerprint density at radius 1 is 1.19 bits per heavy atom. The SMILES string of the molecule is COc1ccc2[nH]cc(C(=O)N3C[C@H]4CC[C@@H]3CN(C(C)=O)C4)c(=O)c2c1. The van der Waals surface area contributed by atoms with E-state index >= 15 is 0 Å². The highest BCUT2D eigenvalue weighted by molar-refractivity contribution is 5.97. The summed E-state index contributed by atoms with van der Waals surface area (Å²) in [4.78, 5) is 44.7. The summed E-state index contributed by atoms with van der Waals surface area (Å²) in [7, 11) is 1.54. The topological polar surface area (TPSA) is 82.7 Å². The Kier molecular flexibility index (Phi) is 4.37. The number of hydrogen-bond acceptors (Lipinski definition) is 4. The highest BCUT2D eigenvalue weighted by Gasteiger charge is 2.38. The molecule has 4 heterocycles. The molecule has 1 aromatic carbocycles. The molecule has 2 amide bonds. The quantitative estimate of drug-likeness (QED) is 0.872. The second kappa shape index (κ2) is 6.72. The number of H-pyrrole nitrogens is 1. The number of benzene rings is 1. The molecule has 1 aromatic heterocycles. The third kappa shape index (κ3) is 3.07. The minimum Gasteiger partial charge on any atom is -0.497 e. The van der Waals surface area contributed by atoms with Crippen LogP contribution in [0.5, 0.6) is 5.75 Å². The number of aromatic nitrogens is 1. The number of nitrogens with zero attached hydrogens (tertiary/aromatic N) is 2. The lowest BCUT2D eigenvalue weighted by atomic mass is 9.94. The van der Waals surface area contributed by atoms with Gasteiger partial charge in [-0.15, -0.1) is 0 Å². The van der Waals surface area contributed by atoms with Gasteiger partial charge in [-0.3, -0.25) is 14.4 Å². The molecule has 2 bridgehead atoms. The van der Waals surface area contributed by atoms with Crippen LogP contribution >= 0.6 is 0 Å². The summed E-state index contributed by atoms with van der Waals surface area (Å²) in [6, 6.07) is 5.14. The Labute approximate surface area is 156 Å². The summed E-state index contributed by atoms with van der Waals surface area (Å²) in [5.41, 5.74) is 0.506. The number of carbonyl (C=O) groups excluding carboxylic acids is 2. The molecular formula is C20H23N3O4. The third-order valence-electron chi connectivity index (χ3n) is 5.74. The molecule has 0 unspecified atom stereocenters. The molecule has 5 rings (SSSR count). The number of aromatic amines is 1. The number of piperidine rings is 1. The Morgan fingerprint density at radius 2 is 2.00 bits per heavy atom. The molecule has 7 nitrogen and oxygen atoms in total. The molecule has 3 aliphatic heterocycles. The highest BCUT2D eigenvalue weighted by atomic mass is 16.5. The molecule has 0 spiro atoms. The maximum absolute atomic E-state index is 13.2. The highest BCUT2D eigenvalue weighted by Crippen LogP contribution is 2.29. The van der Waals surface area contributed by atoms with Crippen molar-refractivity contribution in [1.29, 1.82) is 0 Å². The van der Waals surface area contributed by atoms with E-state index in [1.807, 2.05) is 4.90 Å². The van der Waals surface area contributed by atoms with Crippen molar-refractivity contribution in [2.75, 3.05) is 26.7 Å². The van der Waals surface area contributed by atoms with Crippen molar-refractivity contribution in [3.63, 3.8) is 0 Å². The fourth-order valence-corrected chi connectivity index (χ4v) is 4.23. The van der Waals surface area contributed by atoms with Gasteiger partial charge in [0.25, 0.3) is 5.91 Å². The molecule has 0 aliphatic carbocycles. The summed E-state index contributed by atoms with van der Waals surface area (Å²) >= 11 is 0. The van der Waals surface area contributed by atoms with Gasteiger partial charge in [0.15, 0.2) is 0 Å². The fraction of sp³-hybridized carbons (Fsp3) is 0.450. The van der Waals surface area contributed by atoms with Crippen LogP contribution in [0.3, 0.4) is 0 Å². The predicted molar refractivity (Wildman–Crippen MR) is 101 cm³/mol. The van der Waals surface area contributed by atoms with Gasteiger partial charge in [0.1, 0.15) is 11.3 Å². The Hall–Kier alpha value is -2.83. The molecule has 3 saturated heterocycles. The van der Waals surface area contributed by atoms with Gasteiger partial charge >= 0.3 is 0 Å². The standard InChI is InChI=1S/C20H23N3O4/c1-12(24)22-9-13-3-4-14(11-22)23(10-13)20(26)17-8-21-18-6-5-15(27-2)7-16(18)19(17)25/h5-8,13-14H,3-4,9-11H2,1-2H3,(H,21,25)/t13-,14+/m0/s1. The molecule has 0 radical (unpaired) electrons. The summed E-state index contributed by atoms with van der Waals surface area (Å²) in [5, 5.41) is 0.436. The lowest BCUT2D eigenvalue weighted by molar-refractivity contribution is -0.129. The molecule has 3 aliphatic rings. The zero-order valence-electron chi connectivity index (χ0n) is 15.5. The number of fused-ring (bicyclic) bond motifs is 5. The first kappa shape index (κ1) is 17.6. The van der Waals surface area contributed by atoms with E-state index in [-0.39, 0.29) is 34.8 Å². The van der Waals surface area contributed by atoms with Crippen LogP contribution < -0.4 is 10.2 Å². The lowest BCUT2D eigenvalue weighted by Crippen LogP contribution is -2.48. The smallest absolute Gasteiger partial charge is 0.259 e. The van der Waals surface area contributed by atoms with Crippen molar-refractivity contribution in [1.82, 2.24) is 14.8 Å². The molecule has 27 heavy (non-hydrogen) atoms. The Morgan fingerprint density at radius 3 is 2.74 bits per heavy atom. The van der Waals surface area contributed by atoms with Crippen LogP contribution in [0.25, 0.3) is 10.9 Å². The Bertz CT molecular complexity index is 967. The molecule has 2 atom stereocenters. The summed E-state index contributed by atoms with van der Waals surface area (Å²) in [5.74, 6) is 0.609. The fourth-order valence-electron chi connectivity index (χ4n) is 4.23. The van der Waals surface area contributed by atoms with Crippen LogP contribution in [0.1, 0.15) is 30.1 Å². The first-order valence-electron chi connectivity index (χ1n) is 9.24. The number of amides is 2. The minimum atomic E-state index is -0.295. The number of pyridine rings is 1. The largest absolute Gasteiger partial charge is 0.497 e. The number of methoxy groups -OCH3 is 1. The van der Waals surface area contributed by atoms with Crippen molar-refractivity contribution < 1.29 is 14.3 Å². The van der Waals surface area contributed by atoms with Crippen molar-refractivity contribution >= 4 is 22.7 Å². The summed E-state index contributed by atoms with van der Waals surface area (Å²) in [6.45, 7) is 3.37. The van der Waals surface area contributed by atoms with E-state index < -0.39 is 0 Å². The molecule has 3 fully saturated rings. The monoisotopic (exact) mass is 369 g/mol. The third-order valence-corrected chi connectivity index (χ3v) is 5.74. The van der Waals surface area contributed by atoms with Crippen LogP contribution in [0.2, 0.25) is 0 Å². The lowest BCUT2D eigenvalue weighted by Gasteiger charge is -2.36. The first-order valence-corrected chi connectivity index (χ1v) is 9.24. The number of nitrogens with one attached hydrogen (secondary N) is 1. The van der Waals surface area contributed by atoms with Gasteiger partial charge in [0.2, 0.25) is 11.3 Å². The van der Waals surface area contributed by atoms with Crippen LogP contribution in [-0.4, -0.2) is 59.4 Å². The van der Waals surface area contributed by atoms with Gasteiger partial charge in [0, 0.05) is 49.7 Å². The zero-order chi connectivity index (χ0) is 19.1. The van der Waals surface area contributed by atoms with Gasteiger partial charge in [-0.25, -0.2) is 0 Å². The maximum Gasteiger partial charge on any atom is 0.259 e. The molecule has 2 aromatic rings. The second-order valence-electron chi connectivity index (χ2n) is 7.42. The second-order valence-corrected chi connectivity index (χ2v) is 7.42. The number of rotatable bonds is 2. The number of ether oxygens (including phenoxy) is 1. The van der Waals surface area contributed by atoms with Crippen LogP contribution in [-0.2, 0) is 4.79 Å². The van der Waals surface area contributed by atoms with E-state index in [4.69, 9.17) is 4.74 Å². The predicted octanol–water partition coefficient (Wildman–Crippen LogP) is 1.62. The van der Waals surface area contributed by atoms with Crippen LogP contribution in [0.4, 0.5) is 0 Å². The van der Waals surface area contributed by atoms with Gasteiger partial charge in [-0.1, -0.05) is 0 Å². The molecule has 1 N–H and O–H groups in total. The van der Waals surface area contributed by atoms with Gasteiger partial charge in [-0.05, 0) is 37.0 Å². The Balaban J connectivity index is 1.69. The minimum absolute atomic E-state index is 0.0387. The van der Waals surface area contributed by atoms with Crippen LogP contribution in [0.15, 0.2) is 29.2 Å². The first-order chi connectivity index (χ1) is 13.0. The van der Waals surface area contributed by atoms with E-state index in [1.165, 1.54) is 6.20 Å². The molecule has 7 heteroatoms. The van der Waals surface area contributed by atoms with E-state index in [1.54, 1.807) is 37.1 Å². The van der Waals surface area contributed by atoms with Crippen molar-refractivity contribution in [2.24, 2.45) is 5.92 Å². The molecular weight excluding hydrogens is 346 g/mol. The normalized spacial score (nSPS) is 22.0. The average Bonchev–Trinajstić information content (AvgIpc) is 3.00. The molecule has 0 saturated carbocycles. The maximum atomic E-state index is 13.2. The zero-order valence-corrected chi connectivity index (χ0v) is 15.5. The number of hydrogen-bond donors (Lipinski definition) is 1. The van der Waals surface area contributed by atoms with Crippen molar-refractivity contribution in [2.45, 2.75) is 25.8 Å². The van der Waals surface area contributed by atoms with Gasteiger partial charge in [-0.2, -0.15) is 0 Å². The number of carbonyl (C=O) groups is 2.